The van der Waals surface area contributed by atoms with Gasteiger partial charge in [0.05, 0.1) is 11.9 Å². The third-order valence-corrected chi connectivity index (χ3v) is 5.83. The topological polar surface area (TPSA) is 77.6 Å². The van der Waals surface area contributed by atoms with Crippen molar-refractivity contribution in [3.8, 4) is 17.1 Å². The van der Waals surface area contributed by atoms with E-state index in [-0.39, 0.29) is 5.91 Å². The van der Waals surface area contributed by atoms with E-state index in [1.165, 1.54) is 12.8 Å². The Morgan fingerprint density at radius 2 is 1.81 bits per heavy atom. The van der Waals surface area contributed by atoms with Crippen LogP contribution in [-0.2, 0) is 24.2 Å². The Hall–Kier alpha value is -3.74. The molecular formula is C25H26N6O. The van der Waals surface area contributed by atoms with E-state index in [0.717, 1.165) is 53.5 Å². The van der Waals surface area contributed by atoms with Crippen LogP contribution in [0.1, 0.15) is 37.1 Å². The molecule has 0 spiro atoms. The fourth-order valence-electron chi connectivity index (χ4n) is 4.09. The third-order valence-electron chi connectivity index (χ3n) is 5.83. The summed E-state index contributed by atoms with van der Waals surface area (Å²) < 4.78 is 4.06. The Morgan fingerprint density at radius 3 is 2.66 bits per heavy atom. The molecule has 0 saturated heterocycles. The van der Waals surface area contributed by atoms with E-state index in [4.69, 9.17) is 0 Å². The minimum atomic E-state index is -0.0124. The van der Waals surface area contributed by atoms with Crippen molar-refractivity contribution in [2.24, 2.45) is 0 Å². The van der Waals surface area contributed by atoms with Crippen LogP contribution >= 0.6 is 0 Å². The fraction of sp³-hybridized carbons (Fsp3) is 0.280. The van der Waals surface area contributed by atoms with E-state index in [1.54, 1.807) is 0 Å². The molecule has 32 heavy (non-hydrogen) atoms. The highest BCUT2D eigenvalue weighted by molar-refractivity contribution is 5.91. The van der Waals surface area contributed by atoms with Gasteiger partial charge in [0.1, 0.15) is 5.82 Å². The molecule has 0 fully saturated rings. The molecule has 7 heteroatoms. The normalized spacial score (nSPS) is 13.4. The van der Waals surface area contributed by atoms with E-state index in [1.807, 2.05) is 71.7 Å². The molecule has 0 aliphatic carbocycles. The summed E-state index contributed by atoms with van der Waals surface area (Å²) in [5.41, 5.74) is 3.85. The second kappa shape index (κ2) is 9.18. The first-order valence-electron chi connectivity index (χ1n) is 11.2. The Labute approximate surface area is 187 Å². The zero-order valence-electron chi connectivity index (χ0n) is 17.9. The molecule has 162 valence electrons. The number of carbonyl (C=O) groups excluding carboxylic acids is 1. The molecule has 1 aliphatic heterocycles. The summed E-state index contributed by atoms with van der Waals surface area (Å²) in [5.74, 6) is 1.97. The van der Waals surface area contributed by atoms with Gasteiger partial charge in [-0.1, -0.05) is 24.6 Å². The van der Waals surface area contributed by atoms with Gasteiger partial charge in [0.2, 0.25) is 5.91 Å². The summed E-state index contributed by atoms with van der Waals surface area (Å²) in [6.45, 7) is 0.969. The van der Waals surface area contributed by atoms with Crippen molar-refractivity contribution in [3.05, 3.63) is 78.4 Å². The number of para-hydroxylation sites is 1. The van der Waals surface area contributed by atoms with Gasteiger partial charge in [-0.05, 0) is 61.2 Å². The Morgan fingerprint density at radius 1 is 0.969 bits per heavy atom. The second-order valence-corrected chi connectivity index (χ2v) is 8.16. The van der Waals surface area contributed by atoms with Gasteiger partial charge in [0.25, 0.3) is 0 Å². The predicted molar refractivity (Wildman–Crippen MR) is 124 cm³/mol. The first-order chi connectivity index (χ1) is 15.8. The average molecular weight is 427 g/mol. The number of aromatic nitrogens is 5. The number of fused-ring (bicyclic) bond motifs is 1. The Bertz CT molecular complexity index is 1190. The predicted octanol–water partition coefficient (Wildman–Crippen LogP) is 4.43. The fourth-order valence-corrected chi connectivity index (χ4v) is 4.09. The van der Waals surface area contributed by atoms with Crippen LogP contribution in [0.25, 0.3) is 17.1 Å². The Kier molecular flexibility index (Phi) is 5.79. The maximum atomic E-state index is 12.4. The van der Waals surface area contributed by atoms with Crippen LogP contribution in [0.4, 0.5) is 5.69 Å². The van der Waals surface area contributed by atoms with Crippen molar-refractivity contribution < 1.29 is 4.79 Å². The molecule has 1 aliphatic rings. The Balaban J connectivity index is 1.18. The van der Waals surface area contributed by atoms with Crippen molar-refractivity contribution in [2.75, 3.05) is 5.32 Å². The van der Waals surface area contributed by atoms with E-state index < -0.39 is 0 Å². The molecule has 3 heterocycles. The first-order valence-corrected chi connectivity index (χ1v) is 11.2. The minimum absolute atomic E-state index is 0.0124. The monoisotopic (exact) mass is 426 g/mol. The quantitative estimate of drug-likeness (QED) is 0.495. The number of hydrogen-bond acceptors (Lipinski definition) is 4. The molecule has 2 aromatic carbocycles. The van der Waals surface area contributed by atoms with Gasteiger partial charge in [0.15, 0.2) is 5.82 Å². The molecule has 0 saturated carbocycles. The summed E-state index contributed by atoms with van der Waals surface area (Å²) in [7, 11) is 0. The number of carbonyl (C=O) groups is 1. The number of nitrogens with zero attached hydrogens (tertiary/aromatic N) is 5. The highest BCUT2D eigenvalue weighted by Gasteiger charge is 2.16. The lowest BCUT2D eigenvalue weighted by molar-refractivity contribution is -0.116. The van der Waals surface area contributed by atoms with Crippen LogP contribution in [0.2, 0.25) is 0 Å². The number of amides is 1. The van der Waals surface area contributed by atoms with E-state index in [2.05, 4.69) is 25.2 Å². The number of nitrogens with one attached hydrogen (secondary N) is 1. The van der Waals surface area contributed by atoms with Gasteiger partial charge >= 0.3 is 0 Å². The summed E-state index contributed by atoms with van der Waals surface area (Å²) in [6.07, 6.45) is 9.40. The molecule has 0 radical (unpaired) electrons. The molecular weight excluding hydrogens is 400 g/mol. The standard InChI is InChI=1S/C25H26N6O/c32-24(15-10-19-17-26-31(18-19)22-7-3-1-4-8-22)27-21-13-11-20(12-14-21)25-29-28-23-9-5-2-6-16-30(23)25/h1,3-4,7-8,11-14,17-18H,2,5-6,9-10,15-16H2,(H,27,32). The molecule has 0 unspecified atom stereocenters. The van der Waals surface area contributed by atoms with Crippen molar-refractivity contribution in [3.63, 3.8) is 0 Å². The van der Waals surface area contributed by atoms with Crippen LogP contribution < -0.4 is 5.32 Å². The van der Waals surface area contributed by atoms with Crippen LogP contribution in [-0.4, -0.2) is 30.5 Å². The van der Waals surface area contributed by atoms with Gasteiger partial charge in [-0.25, -0.2) is 4.68 Å². The second-order valence-electron chi connectivity index (χ2n) is 8.16. The minimum Gasteiger partial charge on any atom is -0.326 e. The number of rotatable bonds is 6. The molecule has 7 nitrogen and oxygen atoms in total. The third kappa shape index (κ3) is 4.46. The van der Waals surface area contributed by atoms with E-state index in [0.29, 0.717) is 12.8 Å². The summed E-state index contributed by atoms with van der Waals surface area (Å²) >= 11 is 0. The number of hydrogen-bond donors (Lipinski definition) is 1. The van der Waals surface area contributed by atoms with Crippen molar-refractivity contribution >= 4 is 11.6 Å². The lowest BCUT2D eigenvalue weighted by atomic mass is 10.1. The lowest BCUT2D eigenvalue weighted by Gasteiger charge is -2.08. The highest BCUT2D eigenvalue weighted by atomic mass is 16.1. The van der Waals surface area contributed by atoms with Crippen molar-refractivity contribution in [1.29, 1.82) is 0 Å². The van der Waals surface area contributed by atoms with Gasteiger partial charge in [-0.15, -0.1) is 10.2 Å². The smallest absolute Gasteiger partial charge is 0.224 e. The van der Waals surface area contributed by atoms with Crippen molar-refractivity contribution in [2.45, 2.75) is 45.1 Å². The van der Waals surface area contributed by atoms with Crippen LogP contribution in [0.3, 0.4) is 0 Å². The SMILES string of the molecule is O=C(CCc1cnn(-c2ccccc2)c1)Nc1ccc(-c2nnc3n2CCCCC3)cc1. The lowest BCUT2D eigenvalue weighted by Crippen LogP contribution is -2.12. The van der Waals surface area contributed by atoms with Crippen LogP contribution in [0.15, 0.2) is 67.0 Å². The van der Waals surface area contributed by atoms with E-state index in [9.17, 15) is 4.79 Å². The molecule has 1 N–H and O–H groups in total. The average Bonchev–Trinajstić information content (AvgIpc) is 3.40. The zero-order chi connectivity index (χ0) is 21.8. The number of anilines is 1. The van der Waals surface area contributed by atoms with E-state index >= 15 is 0 Å². The van der Waals surface area contributed by atoms with Crippen molar-refractivity contribution in [1.82, 2.24) is 24.5 Å². The maximum Gasteiger partial charge on any atom is 0.224 e. The van der Waals surface area contributed by atoms with Gasteiger partial charge in [-0.2, -0.15) is 5.10 Å². The molecule has 1 amide bonds. The first kappa shape index (κ1) is 20.2. The van der Waals surface area contributed by atoms with Crippen LogP contribution in [0, 0.1) is 0 Å². The molecule has 2 aromatic heterocycles. The van der Waals surface area contributed by atoms with Crippen LogP contribution in [0.5, 0.6) is 0 Å². The largest absolute Gasteiger partial charge is 0.326 e. The molecule has 5 rings (SSSR count). The summed E-state index contributed by atoms with van der Waals surface area (Å²) in [6, 6.07) is 17.8. The van der Waals surface area contributed by atoms with Gasteiger partial charge in [0, 0.05) is 36.8 Å². The van der Waals surface area contributed by atoms with Gasteiger partial charge in [-0.3, -0.25) is 4.79 Å². The highest BCUT2D eigenvalue weighted by Crippen LogP contribution is 2.24. The molecule has 0 bridgehead atoms. The summed E-state index contributed by atoms with van der Waals surface area (Å²) in [5, 5.41) is 16.2. The molecule has 0 atom stereocenters. The summed E-state index contributed by atoms with van der Waals surface area (Å²) in [4.78, 5) is 12.4. The number of benzene rings is 2. The number of aryl methyl sites for hydroxylation is 2. The maximum absolute atomic E-state index is 12.4. The van der Waals surface area contributed by atoms with Gasteiger partial charge < -0.3 is 9.88 Å². The molecule has 4 aromatic rings. The zero-order valence-corrected chi connectivity index (χ0v) is 17.9.